The number of nitrogens with one attached hydrogen (secondary N) is 2. The lowest BCUT2D eigenvalue weighted by Crippen LogP contribution is -2.13. The SMILES string of the molecule is CCC(=O)Nc1cccc(NC(=O)c2cccc3c(Cl)cccc23)c1. The molecule has 126 valence electrons. The number of fused-ring (bicyclic) bond motifs is 1. The third kappa shape index (κ3) is 3.80. The minimum atomic E-state index is -0.230. The highest BCUT2D eigenvalue weighted by molar-refractivity contribution is 6.36. The number of anilines is 2. The van der Waals surface area contributed by atoms with Crippen molar-refractivity contribution in [3.05, 3.63) is 71.2 Å². The largest absolute Gasteiger partial charge is 0.326 e. The van der Waals surface area contributed by atoms with Crippen molar-refractivity contribution >= 4 is 45.6 Å². The van der Waals surface area contributed by atoms with E-state index in [1.807, 2.05) is 18.2 Å². The summed E-state index contributed by atoms with van der Waals surface area (Å²) in [4.78, 5) is 24.2. The molecule has 0 aliphatic carbocycles. The van der Waals surface area contributed by atoms with Crippen molar-refractivity contribution in [1.82, 2.24) is 0 Å². The molecule has 0 spiro atoms. The van der Waals surface area contributed by atoms with E-state index in [1.54, 1.807) is 49.4 Å². The average molecular weight is 353 g/mol. The Morgan fingerprint density at radius 1 is 0.880 bits per heavy atom. The van der Waals surface area contributed by atoms with Crippen molar-refractivity contribution in [2.24, 2.45) is 0 Å². The van der Waals surface area contributed by atoms with Crippen LogP contribution in [-0.4, -0.2) is 11.8 Å². The van der Waals surface area contributed by atoms with Gasteiger partial charge in [-0.15, -0.1) is 0 Å². The van der Waals surface area contributed by atoms with Gasteiger partial charge in [-0.05, 0) is 35.7 Å². The van der Waals surface area contributed by atoms with E-state index in [1.165, 1.54) is 0 Å². The van der Waals surface area contributed by atoms with Gasteiger partial charge in [0.2, 0.25) is 5.91 Å². The molecule has 2 amide bonds. The summed E-state index contributed by atoms with van der Waals surface area (Å²) in [7, 11) is 0. The Hall–Kier alpha value is -2.85. The van der Waals surface area contributed by atoms with Crippen molar-refractivity contribution in [3.8, 4) is 0 Å². The summed E-state index contributed by atoms with van der Waals surface area (Å²) in [5.74, 6) is -0.306. The van der Waals surface area contributed by atoms with E-state index in [9.17, 15) is 9.59 Å². The van der Waals surface area contributed by atoms with Crippen LogP contribution < -0.4 is 10.6 Å². The molecule has 2 N–H and O–H groups in total. The molecule has 3 aromatic rings. The molecule has 0 saturated carbocycles. The molecule has 0 radical (unpaired) electrons. The fourth-order valence-corrected chi connectivity index (χ4v) is 2.83. The summed E-state index contributed by atoms with van der Waals surface area (Å²) in [6.45, 7) is 1.78. The van der Waals surface area contributed by atoms with E-state index >= 15 is 0 Å². The number of hydrogen-bond donors (Lipinski definition) is 2. The van der Waals surface area contributed by atoms with Gasteiger partial charge in [-0.25, -0.2) is 0 Å². The Morgan fingerprint density at radius 3 is 2.28 bits per heavy atom. The minimum Gasteiger partial charge on any atom is -0.326 e. The first-order valence-electron chi connectivity index (χ1n) is 7.97. The van der Waals surface area contributed by atoms with E-state index in [2.05, 4.69) is 10.6 Å². The summed E-state index contributed by atoms with van der Waals surface area (Å²) < 4.78 is 0. The summed E-state index contributed by atoms with van der Waals surface area (Å²) in [5, 5.41) is 7.88. The number of carbonyl (C=O) groups excluding carboxylic acids is 2. The van der Waals surface area contributed by atoms with Crippen LogP contribution in [0.25, 0.3) is 10.8 Å². The van der Waals surface area contributed by atoms with Crippen LogP contribution in [0.5, 0.6) is 0 Å². The molecule has 0 aromatic heterocycles. The molecule has 25 heavy (non-hydrogen) atoms. The van der Waals surface area contributed by atoms with E-state index < -0.39 is 0 Å². The van der Waals surface area contributed by atoms with Crippen LogP contribution in [-0.2, 0) is 4.79 Å². The first kappa shape index (κ1) is 17.0. The van der Waals surface area contributed by atoms with Gasteiger partial charge in [-0.1, -0.05) is 48.9 Å². The van der Waals surface area contributed by atoms with Gasteiger partial charge in [0.1, 0.15) is 0 Å². The highest BCUT2D eigenvalue weighted by atomic mass is 35.5. The summed E-state index contributed by atoms with van der Waals surface area (Å²) in [5.41, 5.74) is 1.80. The van der Waals surface area contributed by atoms with E-state index in [0.717, 1.165) is 10.8 Å². The zero-order valence-corrected chi connectivity index (χ0v) is 14.4. The first-order valence-corrected chi connectivity index (χ1v) is 8.35. The lowest BCUT2D eigenvalue weighted by Gasteiger charge is -2.10. The van der Waals surface area contributed by atoms with Crippen molar-refractivity contribution in [2.45, 2.75) is 13.3 Å². The second-order valence-electron chi connectivity index (χ2n) is 5.58. The van der Waals surface area contributed by atoms with Crippen LogP contribution in [0.4, 0.5) is 11.4 Å². The molecular formula is C20H17ClN2O2. The standard InChI is InChI=1S/C20H17ClN2O2/c1-2-19(24)22-13-6-3-7-14(12-13)23-20(25)17-10-4-9-16-15(17)8-5-11-18(16)21/h3-12H,2H2,1H3,(H,22,24)(H,23,25). The second-order valence-corrected chi connectivity index (χ2v) is 5.98. The Balaban J connectivity index is 1.87. The fraction of sp³-hybridized carbons (Fsp3) is 0.100. The summed E-state index contributed by atoms with van der Waals surface area (Å²) in [6, 6.07) is 18.0. The summed E-state index contributed by atoms with van der Waals surface area (Å²) >= 11 is 6.20. The third-order valence-electron chi connectivity index (χ3n) is 3.84. The van der Waals surface area contributed by atoms with Crippen LogP contribution in [0, 0.1) is 0 Å². The van der Waals surface area contributed by atoms with Crippen LogP contribution in [0.3, 0.4) is 0 Å². The molecule has 4 nitrogen and oxygen atoms in total. The van der Waals surface area contributed by atoms with Crippen molar-refractivity contribution in [2.75, 3.05) is 10.6 Å². The molecule has 0 unspecified atom stereocenters. The fourth-order valence-electron chi connectivity index (χ4n) is 2.59. The molecule has 5 heteroatoms. The highest BCUT2D eigenvalue weighted by Crippen LogP contribution is 2.26. The Bertz CT molecular complexity index is 953. The van der Waals surface area contributed by atoms with Gasteiger partial charge < -0.3 is 10.6 Å². The quantitative estimate of drug-likeness (QED) is 0.686. The zero-order chi connectivity index (χ0) is 17.8. The Labute approximate surface area is 150 Å². The minimum absolute atomic E-state index is 0.0767. The van der Waals surface area contributed by atoms with E-state index in [-0.39, 0.29) is 11.8 Å². The van der Waals surface area contributed by atoms with Gasteiger partial charge in [0.15, 0.2) is 0 Å². The average Bonchev–Trinajstić information content (AvgIpc) is 2.62. The number of rotatable bonds is 4. The van der Waals surface area contributed by atoms with Crippen LogP contribution in [0.1, 0.15) is 23.7 Å². The predicted octanol–water partition coefficient (Wildman–Crippen LogP) is 5.09. The normalized spacial score (nSPS) is 10.5. The smallest absolute Gasteiger partial charge is 0.256 e. The molecule has 0 atom stereocenters. The Morgan fingerprint density at radius 2 is 1.52 bits per heavy atom. The van der Waals surface area contributed by atoms with Gasteiger partial charge >= 0.3 is 0 Å². The highest BCUT2D eigenvalue weighted by Gasteiger charge is 2.12. The van der Waals surface area contributed by atoms with Crippen molar-refractivity contribution in [1.29, 1.82) is 0 Å². The van der Waals surface area contributed by atoms with Gasteiger partial charge in [-0.3, -0.25) is 9.59 Å². The molecule has 0 fully saturated rings. The third-order valence-corrected chi connectivity index (χ3v) is 4.17. The molecule has 0 heterocycles. The molecule has 0 saturated heterocycles. The topological polar surface area (TPSA) is 58.2 Å². The molecule has 0 aliphatic rings. The second kappa shape index (κ2) is 7.36. The van der Waals surface area contributed by atoms with Crippen LogP contribution >= 0.6 is 11.6 Å². The molecule has 3 aromatic carbocycles. The molecule has 0 aliphatic heterocycles. The van der Waals surface area contributed by atoms with E-state index in [4.69, 9.17) is 11.6 Å². The molecule has 3 rings (SSSR count). The van der Waals surface area contributed by atoms with Gasteiger partial charge in [0.05, 0.1) is 0 Å². The van der Waals surface area contributed by atoms with E-state index in [0.29, 0.717) is 28.4 Å². The number of carbonyl (C=O) groups is 2. The monoisotopic (exact) mass is 352 g/mol. The van der Waals surface area contributed by atoms with Crippen molar-refractivity contribution < 1.29 is 9.59 Å². The van der Waals surface area contributed by atoms with Gasteiger partial charge in [0, 0.05) is 33.8 Å². The number of amides is 2. The number of benzene rings is 3. The number of hydrogen-bond acceptors (Lipinski definition) is 2. The maximum absolute atomic E-state index is 12.7. The number of halogens is 1. The van der Waals surface area contributed by atoms with Crippen molar-refractivity contribution in [3.63, 3.8) is 0 Å². The lowest BCUT2D eigenvalue weighted by molar-refractivity contribution is -0.115. The molecular weight excluding hydrogens is 336 g/mol. The van der Waals surface area contributed by atoms with Crippen LogP contribution in [0.2, 0.25) is 5.02 Å². The predicted molar refractivity (Wildman–Crippen MR) is 102 cm³/mol. The zero-order valence-electron chi connectivity index (χ0n) is 13.7. The maximum Gasteiger partial charge on any atom is 0.256 e. The van der Waals surface area contributed by atoms with Gasteiger partial charge in [-0.2, -0.15) is 0 Å². The maximum atomic E-state index is 12.7. The summed E-state index contributed by atoms with van der Waals surface area (Å²) in [6.07, 6.45) is 0.396. The first-order chi connectivity index (χ1) is 12.1. The Kier molecular flexibility index (Phi) is 5.00. The lowest BCUT2D eigenvalue weighted by atomic mass is 10.0. The van der Waals surface area contributed by atoms with Gasteiger partial charge in [0.25, 0.3) is 5.91 Å². The van der Waals surface area contributed by atoms with Crippen LogP contribution in [0.15, 0.2) is 60.7 Å². The molecule has 0 bridgehead atoms.